The van der Waals surface area contributed by atoms with Crippen LogP contribution in [-0.4, -0.2) is 28.2 Å². The van der Waals surface area contributed by atoms with Crippen molar-refractivity contribution in [3.63, 3.8) is 0 Å². The number of rotatable bonds is 6. The van der Waals surface area contributed by atoms with E-state index in [-0.39, 0.29) is 29.1 Å². The second-order valence-corrected chi connectivity index (χ2v) is 6.46. The lowest BCUT2D eigenvalue weighted by Gasteiger charge is -2.14. The Morgan fingerprint density at radius 3 is 2.58 bits per heavy atom. The molecule has 19 heavy (non-hydrogen) atoms. The van der Waals surface area contributed by atoms with Gasteiger partial charge in [0.2, 0.25) is 10.0 Å². The van der Waals surface area contributed by atoms with Gasteiger partial charge in [-0.1, -0.05) is 23.2 Å². The Kier molecular flexibility index (Phi) is 6.04. The largest absolute Gasteiger partial charge is 0.380 e. The van der Waals surface area contributed by atoms with E-state index in [1.54, 1.807) is 6.92 Å². The molecule has 0 saturated heterocycles. The molecule has 0 saturated carbocycles. The Labute approximate surface area is 123 Å². The number of ether oxygens (including phenoxy) is 1. The van der Waals surface area contributed by atoms with Gasteiger partial charge in [-0.25, -0.2) is 13.1 Å². The molecule has 0 radical (unpaired) electrons. The van der Waals surface area contributed by atoms with Crippen LogP contribution in [0.3, 0.4) is 0 Å². The van der Waals surface area contributed by atoms with Gasteiger partial charge < -0.3 is 10.5 Å². The highest BCUT2D eigenvalue weighted by Gasteiger charge is 2.21. The molecular weight excluding hydrogens is 311 g/mol. The monoisotopic (exact) mass is 326 g/mol. The Hall–Kier alpha value is -0.370. The maximum absolute atomic E-state index is 12.1. The summed E-state index contributed by atoms with van der Waals surface area (Å²) in [5, 5.41) is 0.393. The SMILES string of the molecule is COC(C)CNS(=O)(=O)c1ccc(Cl)c(CN)c1Cl. The van der Waals surface area contributed by atoms with Crippen LogP contribution < -0.4 is 10.5 Å². The summed E-state index contributed by atoms with van der Waals surface area (Å²) in [5.41, 5.74) is 5.91. The molecule has 3 N–H and O–H groups in total. The van der Waals surface area contributed by atoms with E-state index in [1.165, 1.54) is 19.2 Å². The summed E-state index contributed by atoms with van der Waals surface area (Å²) in [6.45, 7) is 1.96. The number of halogens is 2. The van der Waals surface area contributed by atoms with Crippen LogP contribution in [-0.2, 0) is 21.3 Å². The van der Waals surface area contributed by atoms with Gasteiger partial charge in [0, 0.05) is 30.8 Å². The molecule has 0 spiro atoms. The third-order valence-corrected chi connectivity index (χ3v) is 4.97. The molecule has 1 unspecified atom stereocenters. The predicted octanol–water partition coefficient (Wildman–Crippen LogP) is 1.77. The highest BCUT2D eigenvalue weighted by atomic mass is 35.5. The lowest BCUT2D eigenvalue weighted by Crippen LogP contribution is -2.32. The average molecular weight is 327 g/mol. The zero-order chi connectivity index (χ0) is 14.6. The highest BCUT2D eigenvalue weighted by molar-refractivity contribution is 7.89. The Bertz CT molecular complexity index is 549. The van der Waals surface area contributed by atoms with Crippen molar-refractivity contribution >= 4 is 33.2 Å². The highest BCUT2D eigenvalue weighted by Crippen LogP contribution is 2.30. The van der Waals surface area contributed by atoms with Gasteiger partial charge in [-0.05, 0) is 19.1 Å². The second kappa shape index (κ2) is 6.88. The Morgan fingerprint density at radius 2 is 2.05 bits per heavy atom. The lowest BCUT2D eigenvalue weighted by atomic mass is 10.2. The molecule has 0 aliphatic carbocycles. The first-order valence-corrected chi connectivity index (χ1v) is 7.76. The van der Waals surface area contributed by atoms with Crippen LogP contribution in [0.1, 0.15) is 12.5 Å². The Morgan fingerprint density at radius 1 is 1.42 bits per heavy atom. The van der Waals surface area contributed by atoms with Gasteiger partial charge in [0.05, 0.1) is 11.1 Å². The molecule has 0 aliphatic rings. The van der Waals surface area contributed by atoms with Crippen LogP contribution in [0.4, 0.5) is 0 Å². The predicted molar refractivity (Wildman–Crippen MR) is 76.0 cm³/mol. The minimum atomic E-state index is -3.72. The molecule has 1 rings (SSSR count). The Balaban J connectivity index is 3.09. The minimum absolute atomic E-state index is 0.0395. The van der Waals surface area contributed by atoms with Crippen LogP contribution in [0.15, 0.2) is 17.0 Å². The van der Waals surface area contributed by atoms with Crippen molar-refractivity contribution < 1.29 is 13.2 Å². The van der Waals surface area contributed by atoms with Gasteiger partial charge in [-0.2, -0.15) is 0 Å². The van der Waals surface area contributed by atoms with Crippen molar-refractivity contribution in [3.8, 4) is 0 Å². The fourth-order valence-electron chi connectivity index (χ4n) is 1.36. The third kappa shape index (κ3) is 4.05. The van der Waals surface area contributed by atoms with Crippen molar-refractivity contribution in [2.75, 3.05) is 13.7 Å². The van der Waals surface area contributed by atoms with E-state index in [4.69, 9.17) is 33.7 Å². The van der Waals surface area contributed by atoms with Gasteiger partial charge in [0.15, 0.2) is 0 Å². The molecule has 0 heterocycles. The first kappa shape index (κ1) is 16.7. The molecule has 0 amide bonds. The summed E-state index contributed by atoms with van der Waals surface area (Å²) in [6.07, 6.45) is -0.241. The average Bonchev–Trinajstić information content (AvgIpc) is 2.36. The van der Waals surface area contributed by atoms with Crippen LogP contribution >= 0.6 is 23.2 Å². The molecule has 1 aromatic carbocycles. The molecule has 0 fully saturated rings. The smallest absolute Gasteiger partial charge is 0.242 e. The fraction of sp³-hybridized carbons (Fsp3) is 0.455. The summed E-state index contributed by atoms with van der Waals surface area (Å²) in [7, 11) is -2.22. The van der Waals surface area contributed by atoms with Crippen molar-refractivity contribution in [1.82, 2.24) is 4.72 Å². The molecule has 1 aromatic rings. The summed E-state index contributed by atoms with van der Waals surface area (Å²) in [6, 6.07) is 2.81. The topological polar surface area (TPSA) is 81.4 Å². The quantitative estimate of drug-likeness (QED) is 0.834. The molecule has 5 nitrogen and oxygen atoms in total. The molecule has 108 valence electrons. The molecule has 1 atom stereocenters. The van der Waals surface area contributed by atoms with Crippen molar-refractivity contribution in [1.29, 1.82) is 0 Å². The molecule has 0 bridgehead atoms. The summed E-state index contributed by atoms with van der Waals surface area (Å²) >= 11 is 11.9. The van der Waals surface area contributed by atoms with E-state index >= 15 is 0 Å². The van der Waals surface area contributed by atoms with E-state index in [9.17, 15) is 8.42 Å². The second-order valence-electron chi connectivity index (χ2n) is 3.94. The van der Waals surface area contributed by atoms with Crippen molar-refractivity contribution in [2.45, 2.75) is 24.5 Å². The molecule has 0 aromatic heterocycles. The lowest BCUT2D eigenvalue weighted by molar-refractivity contribution is 0.122. The zero-order valence-electron chi connectivity index (χ0n) is 10.6. The van der Waals surface area contributed by atoms with E-state index < -0.39 is 10.0 Å². The molecule has 8 heteroatoms. The standard InChI is InChI=1S/C11H16Cl2N2O3S/c1-7(18-2)6-15-19(16,17)10-4-3-9(12)8(5-14)11(10)13/h3-4,7,15H,5-6,14H2,1-2H3. The van der Waals surface area contributed by atoms with Crippen LogP contribution in [0.25, 0.3) is 0 Å². The summed E-state index contributed by atoms with van der Waals surface area (Å²) < 4.78 is 31.6. The van der Waals surface area contributed by atoms with Crippen LogP contribution in [0, 0.1) is 0 Å². The fourth-order valence-corrected chi connectivity index (χ4v) is 3.40. The van der Waals surface area contributed by atoms with E-state index in [2.05, 4.69) is 4.72 Å². The third-order valence-electron chi connectivity index (χ3n) is 2.61. The number of nitrogens with one attached hydrogen (secondary N) is 1. The number of hydrogen-bond donors (Lipinski definition) is 2. The van der Waals surface area contributed by atoms with E-state index in [0.29, 0.717) is 10.6 Å². The summed E-state index contributed by atoms with van der Waals surface area (Å²) in [5.74, 6) is 0. The van der Waals surface area contributed by atoms with Gasteiger partial charge in [0.25, 0.3) is 0 Å². The minimum Gasteiger partial charge on any atom is -0.380 e. The summed E-state index contributed by atoms with van der Waals surface area (Å²) in [4.78, 5) is -0.0395. The normalized spacial score (nSPS) is 13.5. The van der Waals surface area contributed by atoms with Gasteiger partial charge in [-0.3, -0.25) is 0 Å². The van der Waals surface area contributed by atoms with Gasteiger partial charge in [0.1, 0.15) is 4.90 Å². The van der Waals surface area contributed by atoms with E-state index in [1.807, 2.05) is 0 Å². The maximum atomic E-state index is 12.1. The van der Waals surface area contributed by atoms with Crippen LogP contribution in [0.2, 0.25) is 10.0 Å². The van der Waals surface area contributed by atoms with E-state index in [0.717, 1.165) is 0 Å². The van der Waals surface area contributed by atoms with Gasteiger partial charge >= 0.3 is 0 Å². The zero-order valence-corrected chi connectivity index (χ0v) is 12.9. The van der Waals surface area contributed by atoms with Crippen molar-refractivity contribution in [2.24, 2.45) is 5.73 Å². The maximum Gasteiger partial charge on any atom is 0.242 e. The number of sulfonamides is 1. The number of nitrogens with two attached hydrogens (primary N) is 1. The molecular formula is C11H16Cl2N2O3S. The number of benzene rings is 1. The first-order chi connectivity index (χ1) is 8.83. The first-order valence-electron chi connectivity index (χ1n) is 5.53. The number of methoxy groups -OCH3 is 1. The molecule has 0 aliphatic heterocycles. The van der Waals surface area contributed by atoms with Gasteiger partial charge in [-0.15, -0.1) is 0 Å². The number of hydrogen-bond acceptors (Lipinski definition) is 4. The van der Waals surface area contributed by atoms with Crippen molar-refractivity contribution in [3.05, 3.63) is 27.7 Å². The van der Waals surface area contributed by atoms with Crippen LogP contribution in [0.5, 0.6) is 0 Å².